The molecule has 1 heterocycles. The third kappa shape index (κ3) is 2.44. The maximum Gasteiger partial charge on any atom is 0.351 e. The highest BCUT2D eigenvalue weighted by atomic mass is 16.6. The van der Waals surface area contributed by atoms with Crippen molar-refractivity contribution in [3.63, 3.8) is 0 Å². The van der Waals surface area contributed by atoms with Crippen molar-refractivity contribution in [2.75, 3.05) is 6.61 Å². The molecule has 1 aliphatic heterocycles. The van der Waals surface area contributed by atoms with Gasteiger partial charge in [0.25, 0.3) is 0 Å². The van der Waals surface area contributed by atoms with Gasteiger partial charge < -0.3 is 9.47 Å². The second-order valence-electron chi connectivity index (χ2n) is 4.72. The summed E-state index contributed by atoms with van der Waals surface area (Å²) in [6.45, 7) is 5.36. The Labute approximate surface area is 112 Å². The number of hydrogen-bond acceptors (Lipinski definition) is 4. The smallest absolute Gasteiger partial charge is 0.351 e. The van der Waals surface area contributed by atoms with Gasteiger partial charge in [0.1, 0.15) is 5.75 Å². The molecule has 4 heteroatoms. The summed E-state index contributed by atoms with van der Waals surface area (Å²) in [5.74, 6) is -0.589. The molecule has 100 valence electrons. The lowest BCUT2D eigenvalue weighted by Gasteiger charge is -2.27. The Bertz CT molecular complexity index is 539. The molecule has 0 unspecified atom stereocenters. The summed E-state index contributed by atoms with van der Waals surface area (Å²) in [4.78, 5) is 24.0. The molecule has 0 aliphatic carbocycles. The molecular formula is C15H16O4. The first-order chi connectivity index (χ1) is 8.95. The first kappa shape index (κ1) is 13.5. The zero-order valence-corrected chi connectivity index (χ0v) is 11.2. The number of carbonyl (C=O) groups excluding carboxylic acids is 2. The molecule has 1 aromatic rings. The molecule has 2 rings (SSSR count). The fourth-order valence-corrected chi connectivity index (χ4v) is 1.91. The summed E-state index contributed by atoms with van der Waals surface area (Å²) >= 11 is 0. The third-order valence-electron chi connectivity index (χ3n) is 3.20. The zero-order valence-electron chi connectivity index (χ0n) is 11.2. The molecule has 0 amide bonds. The molecule has 0 N–H and O–H groups in total. The molecular weight excluding hydrogens is 244 g/mol. The number of hydrogen-bond donors (Lipinski definition) is 0. The standard InChI is InChI=1S/C15H16O4/c1-10-6-4-7-11(2)13(10)19-14(17)15(3)12(16)8-5-9-18-15/h4-8H,9H2,1-3H3/t15-/m1/s1. The van der Waals surface area contributed by atoms with Crippen LogP contribution in [0.3, 0.4) is 0 Å². The highest BCUT2D eigenvalue weighted by molar-refractivity contribution is 6.13. The van der Waals surface area contributed by atoms with Gasteiger partial charge in [0.15, 0.2) is 5.78 Å². The number of carbonyl (C=O) groups is 2. The van der Waals surface area contributed by atoms with Crippen LogP contribution >= 0.6 is 0 Å². The Hall–Kier alpha value is -1.94. The largest absolute Gasteiger partial charge is 0.423 e. The SMILES string of the molecule is Cc1cccc(C)c1OC(=O)[C@]1(C)OCC=CC1=O. The minimum atomic E-state index is -1.55. The van der Waals surface area contributed by atoms with Crippen LogP contribution in [-0.4, -0.2) is 24.0 Å². The Kier molecular flexibility index (Phi) is 3.53. The van der Waals surface area contributed by atoms with Crippen molar-refractivity contribution in [2.45, 2.75) is 26.4 Å². The van der Waals surface area contributed by atoms with Gasteiger partial charge in [-0.3, -0.25) is 4.79 Å². The van der Waals surface area contributed by atoms with E-state index in [0.29, 0.717) is 5.75 Å². The second kappa shape index (κ2) is 4.97. The lowest BCUT2D eigenvalue weighted by Crippen LogP contribution is -2.49. The van der Waals surface area contributed by atoms with E-state index in [1.807, 2.05) is 32.0 Å². The summed E-state index contributed by atoms with van der Waals surface area (Å²) < 4.78 is 10.7. The highest BCUT2D eigenvalue weighted by Crippen LogP contribution is 2.26. The van der Waals surface area contributed by atoms with Crippen molar-refractivity contribution in [1.29, 1.82) is 0 Å². The van der Waals surface area contributed by atoms with E-state index in [4.69, 9.17) is 9.47 Å². The fraction of sp³-hybridized carbons (Fsp3) is 0.333. The summed E-state index contributed by atoms with van der Waals surface area (Å²) in [6, 6.07) is 5.58. The van der Waals surface area contributed by atoms with E-state index in [2.05, 4.69) is 0 Å². The van der Waals surface area contributed by atoms with Gasteiger partial charge in [-0.2, -0.15) is 0 Å². The number of benzene rings is 1. The molecule has 1 atom stereocenters. The normalized spacial score (nSPS) is 22.4. The van der Waals surface area contributed by atoms with Gasteiger partial charge in [0, 0.05) is 0 Å². The lowest BCUT2D eigenvalue weighted by atomic mass is 9.98. The zero-order chi connectivity index (χ0) is 14.0. The van der Waals surface area contributed by atoms with Crippen molar-refractivity contribution in [1.82, 2.24) is 0 Å². The molecule has 0 fully saturated rings. The molecule has 1 aromatic carbocycles. The molecule has 1 aliphatic rings. The topological polar surface area (TPSA) is 52.6 Å². The summed E-state index contributed by atoms with van der Waals surface area (Å²) in [5, 5.41) is 0. The first-order valence-corrected chi connectivity index (χ1v) is 6.08. The molecule has 0 radical (unpaired) electrons. The molecule has 0 saturated heterocycles. The molecule has 0 bridgehead atoms. The second-order valence-corrected chi connectivity index (χ2v) is 4.72. The number of ketones is 1. The van der Waals surface area contributed by atoms with Crippen LogP contribution in [0.2, 0.25) is 0 Å². The van der Waals surface area contributed by atoms with Crippen molar-refractivity contribution >= 4 is 11.8 Å². The molecule has 19 heavy (non-hydrogen) atoms. The third-order valence-corrected chi connectivity index (χ3v) is 3.20. The van der Waals surface area contributed by atoms with E-state index >= 15 is 0 Å². The Morgan fingerprint density at radius 3 is 2.53 bits per heavy atom. The molecule has 4 nitrogen and oxygen atoms in total. The Morgan fingerprint density at radius 1 is 1.32 bits per heavy atom. The maximum atomic E-state index is 12.2. The first-order valence-electron chi connectivity index (χ1n) is 6.08. The maximum absolute atomic E-state index is 12.2. The number of aryl methyl sites for hydroxylation is 2. The Morgan fingerprint density at radius 2 is 1.95 bits per heavy atom. The number of rotatable bonds is 2. The monoisotopic (exact) mass is 260 g/mol. The van der Waals surface area contributed by atoms with Gasteiger partial charge >= 0.3 is 5.97 Å². The van der Waals surface area contributed by atoms with Crippen molar-refractivity contribution in [3.8, 4) is 5.75 Å². The Balaban J connectivity index is 2.27. The van der Waals surface area contributed by atoms with Crippen LogP contribution in [-0.2, 0) is 14.3 Å². The van der Waals surface area contributed by atoms with Gasteiger partial charge in [-0.1, -0.05) is 24.3 Å². The summed E-state index contributed by atoms with van der Waals surface area (Å²) in [7, 11) is 0. The van der Waals surface area contributed by atoms with Crippen LogP contribution in [0.1, 0.15) is 18.1 Å². The van der Waals surface area contributed by atoms with Crippen molar-refractivity contribution in [2.24, 2.45) is 0 Å². The van der Waals surface area contributed by atoms with Gasteiger partial charge in [-0.15, -0.1) is 0 Å². The van der Waals surface area contributed by atoms with E-state index < -0.39 is 17.4 Å². The quantitative estimate of drug-likeness (QED) is 0.464. The van der Waals surface area contributed by atoms with Crippen LogP contribution in [0, 0.1) is 13.8 Å². The average Bonchev–Trinajstić information content (AvgIpc) is 2.37. The van der Waals surface area contributed by atoms with Gasteiger partial charge in [0.2, 0.25) is 5.60 Å². The number of esters is 1. The minimum Gasteiger partial charge on any atom is -0.423 e. The van der Waals surface area contributed by atoms with Crippen molar-refractivity contribution < 1.29 is 19.1 Å². The number of ether oxygens (including phenoxy) is 2. The molecule has 0 saturated carbocycles. The van der Waals surface area contributed by atoms with Gasteiger partial charge in [-0.25, -0.2) is 4.79 Å². The van der Waals surface area contributed by atoms with Crippen LogP contribution in [0.5, 0.6) is 5.75 Å². The van der Waals surface area contributed by atoms with Crippen molar-refractivity contribution in [3.05, 3.63) is 41.5 Å². The highest BCUT2D eigenvalue weighted by Gasteiger charge is 2.44. The van der Waals surface area contributed by atoms with E-state index in [1.54, 1.807) is 6.08 Å². The van der Waals surface area contributed by atoms with Gasteiger partial charge in [0.05, 0.1) is 6.61 Å². The summed E-state index contributed by atoms with van der Waals surface area (Å²) in [5.41, 5.74) is 0.134. The van der Waals surface area contributed by atoms with Crippen LogP contribution < -0.4 is 4.74 Å². The van der Waals surface area contributed by atoms with Crippen LogP contribution in [0.15, 0.2) is 30.4 Å². The predicted octanol–water partition coefficient (Wildman–Crippen LogP) is 2.12. The van der Waals surface area contributed by atoms with Crippen LogP contribution in [0.4, 0.5) is 0 Å². The molecule has 0 spiro atoms. The van der Waals surface area contributed by atoms with E-state index in [9.17, 15) is 9.59 Å². The van der Waals surface area contributed by atoms with E-state index in [-0.39, 0.29) is 6.61 Å². The number of para-hydroxylation sites is 1. The summed E-state index contributed by atoms with van der Waals surface area (Å²) in [6.07, 6.45) is 2.94. The minimum absolute atomic E-state index is 0.226. The van der Waals surface area contributed by atoms with Gasteiger partial charge in [-0.05, 0) is 38.0 Å². The van der Waals surface area contributed by atoms with E-state index in [1.165, 1.54) is 13.0 Å². The lowest BCUT2D eigenvalue weighted by molar-refractivity contribution is -0.165. The van der Waals surface area contributed by atoms with Crippen LogP contribution in [0.25, 0.3) is 0 Å². The average molecular weight is 260 g/mol. The molecule has 0 aromatic heterocycles. The predicted molar refractivity (Wildman–Crippen MR) is 70.1 cm³/mol. The van der Waals surface area contributed by atoms with E-state index in [0.717, 1.165) is 11.1 Å². The fourth-order valence-electron chi connectivity index (χ4n) is 1.91.